The lowest BCUT2D eigenvalue weighted by molar-refractivity contribution is -0.274. The normalized spacial score (nSPS) is 17.8. The van der Waals surface area contributed by atoms with Gasteiger partial charge in [0.15, 0.2) is 6.17 Å². The summed E-state index contributed by atoms with van der Waals surface area (Å²) in [4.78, 5) is 98.7. The fourth-order valence-corrected chi connectivity index (χ4v) is 8.21. The number of hydrogen-bond donors (Lipinski definition) is 4. The lowest BCUT2D eigenvalue weighted by Gasteiger charge is -2.34. The first-order chi connectivity index (χ1) is 35.0. The Kier molecular flexibility index (Phi) is 18.1. The highest BCUT2D eigenvalue weighted by Gasteiger charge is 2.45. The van der Waals surface area contributed by atoms with Crippen LogP contribution in [0.4, 0.5) is 23.2 Å². The topological polar surface area (TPSA) is 265 Å². The number of nitrogens with zero attached hydrogens (tertiary/aromatic N) is 5. The number of primary amides is 1. The van der Waals surface area contributed by atoms with Crippen LogP contribution in [-0.2, 0) is 46.4 Å². The number of likely N-dealkylation sites (tertiary alicyclic amines) is 1. The van der Waals surface area contributed by atoms with E-state index >= 15 is 4.39 Å². The molecular formula is C48H53F4N9O12. The third kappa shape index (κ3) is 14.6. The summed E-state index contributed by atoms with van der Waals surface area (Å²) in [6.07, 6.45) is -2.13. The molecule has 2 aromatic heterocycles. The fourth-order valence-electron chi connectivity index (χ4n) is 8.21. The second-order valence-corrected chi connectivity index (χ2v) is 17.0. The Morgan fingerprint density at radius 3 is 2.32 bits per heavy atom. The Hall–Kier alpha value is -7.51. The van der Waals surface area contributed by atoms with Crippen molar-refractivity contribution < 1.29 is 74.8 Å². The molecular weight excluding hydrogens is 971 g/mol. The number of nitrogens with one attached hydrogen (secondary N) is 3. The van der Waals surface area contributed by atoms with Crippen molar-refractivity contribution in [3.63, 3.8) is 0 Å². The van der Waals surface area contributed by atoms with E-state index in [1.165, 1.54) is 35.4 Å². The number of piperidine rings is 2. The van der Waals surface area contributed by atoms with Crippen LogP contribution >= 0.6 is 0 Å². The van der Waals surface area contributed by atoms with E-state index < -0.39 is 65.9 Å². The van der Waals surface area contributed by atoms with Gasteiger partial charge in [0.2, 0.25) is 29.5 Å². The van der Waals surface area contributed by atoms with E-state index in [1.54, 1.807) is 29.2 Å². The molecule has 5 N–H and O–H groups in total. The highest BCUT2D eigenvalue weighted by Crippen LogP contribution is 2.33. The highest BCUT2D eigenvalue weighted by atomic mass is 19.4. The first-order valence-electron chi connectivity index (χ1n) is 23.4. The van der Waals surface area contributed by atoms with Crippen LogP contribution in [0.2, 0.25) is 0 Å². The van der Waals surface area contributed by atoms with E-state index in [2.05, 4.69) is 30.7 Å². The third-order valence-corrected chi connectivity index (χ3v) is 11.8. The number of hydrogen-bond acceptors (Lipinski definition) is 15. The van der Waals surface area contributed by atoms with Crippen molar-refractivity contribution >= 4 is 47.0 Å². The summed E-state index contributed by atoms with van der Waals surface area (Å²) in [6, 6.07) is 10.0. The molecule has 3 aliphatic heterocycles. The molecule has 1 unspecified atom stereocenters. The number of amides is 7. The van der Waals surface area contributed by atoms with Crippen molar-refractivity contribution in [2.45, 2.75) is 69.7 Å². The van der Waals surface area contributed by atoms with E-state index in [0.717, 1.165) is 17.0 Å². The molecule has 73 heavy (non-hydrogen) atoms. The molecule has 7 amide bonds. The summed E-state index contributed by atoms with van der Waals surface area (Å²) in [7, 11) is 0. The van der Waals surface area contributed by atoms with E-state index in [1.807, 2.05) is 0 Å². The van der Waals surface area contributed by atoms with Gasteiger partial charge in [-0.15, -0.1) is 13.2 Å². The largest absolute Gasteiger partial charge is 0.573 e. The van der Waals surface area contributed by atoms with Crippen LogP contribution in [0.1, 0.15) is 68.7 Å². The van der Waals surface area contributed by atoms with E-state index in [0.29, 0.717) is 75.0 Å². The highest BCUT2D eigenvalue weighted by molar-refractivity contribution is 6.25. The van der Waals surface area contributed by atoms with Crippen molar-refractivity contribution in [2.24, 2.45) is 5.73 Å². The zero-order valence-electron chi connectivity index (χ0n) is 39.3. The smallest absolute Gasteiger partial charge is 0.471 e. The Labute approximate surface area is 415 Å². The average molecular weight is 1020 g/mol. The standard InChI is InChI=1S/C48H53F4N9O12/c49-34-26-60(41(64)23-29-6-8-31(9-7-29)73-48(50,51)52)16-12-38(34)72-45-33(43(53)65)24-30(25-56-45)36-27-59(28-57-36)15-2-5-39(62)55-14-18-70-20-22-71-21-19-69-17-13-54-35-4-1-3-32-42(35)47(68)61(46(32)67)37-10-11-40(63)58-44(37)66/h1,3-4,6-9,24-25,27-28,34,37-38,54H,2,5,10-23,26H2,(H2,53,65)(H,55,62)(H,58,63,66)/t34-,37?,38-/m1/s1. The van der Waals surface area contributed by atoms with Gasteiger partial charge in [0.1, 0.15) is 23.5 Å². The van der Waals surface area contributed by atoms with Crippen LogP contribution in [0.15, 0.2) is 67.3 Å². The molecule has 3 atom stereocenters. The minimum absolute atomic E-state index is 0.0328. The Morgan fingerprint density at radius 2 is 1.62 bits per heavy atom. The fraction of sp³-hybridized carbons (Fsp3) is 0.438. The molecule has 0 aliphatic carbocycles. The maximum Gasteiger partial charge on any atom is 0.573 e. The number of alkyl halides is 4. The monoisotopic (exact) mass is 1020 g/mol. The molecule has 0 spiro atoms. The second-order valence-electron chi connectivity index (χ2n) is 17.0. The molecule has 4 aromatic rings. The number of fused-ring (bicyclic) bond motifs is 1. The number of anilines is 1. The number of benzene rings is 2. The summed E-state index contributed by atoms with van der Waals surface area (Å²) in [5, 5.41) is 8.09. The average Bonchev–Trinajstić information content (AvgIpc) is 3.92. The zero-order chi connectivity index (χ0) is 52.1. The molecule has 2 aromatic carbocycles. The Balaban J connectivity index is 0.721. The van der Waals surface area contributed by atoms with Crippen LogP contribution < -0.4 is 31.2 Å². The van der Waals surface area contributed by atoms with Crippen molar-refractivity contribution in [2.75, 3.05) is 71.1 Å². The van der Waals surface area contributed by atoms with Crippen LogP contribution in [0, 0.1) is 0 Å². The van der Waals surface area contributed by atoms with Gasteiger partial charge in [-0.3, -0.25) is 43.8 Å². The van der Waals surface area contributed by atoms with Gasteiger partial charge in [0, 0.05) is 69.1 Å². The predicted octanol–water partition coefficient (Wildman–Crippen LogP) is 2.96. The van der Waals surface area contributed by atoms with Gasteiger partial charge < -0.3 is 49.5 Å². The number of carbonyl (C=O) groups is 7. The molecule has 7 rings (SSSR count). The summed E-state index contributed by atoms with van der Waals surface area (Å²) >= 11 is 0. The summed E-state index contributed by atoms with van der Waals surface area (Å²) in [5.74, 6) is -4.38. The SMILES string of the molecule is NC(=O)c1cc(-c2cn(CCCC(=O)NCCOCCOCCOCCNc3cccc4c3C(=O)N(C3CCC(=O)NC3=O)C4=O)cn2)cnc1O[C@@H]1CCN(C(=O)Cc2ccc(OC(F)(F)F)cc2)C[C@H]1F. The van der Waals surface area contributed by atoms with Gasteiger partial charge in [0.25, 0.3) is 17.7 Å². The minimum Gasteiger partial charge on any atom is -0.471 e. The van der Waals surface area contributed by atoms with E-state index in [-0.39, 0.29) is 86.9 Å². The number of imidazole rings is 1. The first-order valence-corrected chi connectivity index (χ1v) is 23.4. The molecule has 25 heteroatoms. The number of ether oxygens (including phenoxy) is 5. The number of rotatable bonds is 25. The van der Waals surface area contributed by atoms with E-state index in [9.17, 15) is 46.7 Å². The van der Waals surface area contributed by atoms with E-state index in [4.69, 9.17) is 24.7 Å². The predicted molar refractivity (Wildman–Crippen MR) is 248 cm³/mol. The molecule has 5 heterocycles. The molecule has 2 fully saturated rings. The summed E-state index contributed by atoms with van der Waals surface area (Å²) in [5.41, 5.74) is 7.64. The van der Waals surface area contributed by atoms with Crippen LogP contribution in [0.3, 0.4) is 0 Å². The maximum absolute atomic E-state index is 15.3. The Morgan fingerprint density at radius 1 is 0.890 bits per heavy atom. The minimum atomic E-state index is -4.85. The van der Waals surface area contributed by atoms with Gasteiger partial charge in [-0.2, -0.15) is 0 Å². The number of aromatic nitrogens is 3. The number of carbonyl (C=O) groups excluding carboxylic acids is 7. The quantitative estimate of drug-likeness (QED) is 0.0423. The van der Waals surface area contributed by atoms with Gasteiger partial charge in [-0.05, 0) is 48.7 Å². The van der Waals surface area contributed by atoms with Crippen LogP contribution in [0.5, 0.6) is 11.6 Å². The summed E-state index contributed by atoms with van der Waals surface area (Å²) < 4.78 is 80.8. The molecule has 21 nitrogen and oxygen atoms in total. The second kappa shape index (κ2) is 24.7. The number of pyridine rings is 1. The number of imide groups is 2. The molecule has 2 saturated heterocycles. The number of aryl methyl sites for hydroxylation is 1. The molecule has 0 bridgehead atoms. The molecule has 0 radical (unpaired) electrons. The lowest BCUT2D eigenvalue weighted by atomic mass is 10.0. The summed E-state index contributed by atoms with van der Waals surface area (Å²) in [6.45, 7) is 2.65. The Bertz CT molecular complexity index is 2650. The number of nitrogens with two attached hydrogens (primary N) is 1. The van der Waals surface area contributed by atoms with Crippen LogP contribution in [-0.4, -0.2) is 156 Å². The molecule has 390 valence electrons. The van der Waals surface area contributed by atoms with Crippen molar-refractivity contribution in [1.82, 2.24) is 35.0 Å². The number of halogens is 4. The third-order valence-electron chi connectivity index (χ3n) is 11.8. The van der Waals surface area contributed by atoms with Gasteiger partial charge in [-0.1, -0.05) is 18.2 Å². The van der Waals surface area contributed by atoms with Crippen molar-refractivity contribution in [3.05, 3.63) is 89.5 Å². The van der Waals surface area contributed by atoms with Gasteiger partial charge in [-0.25, -0.2) is 14.4 Å². The molecule has 0 saturated carbocycles. The maximum atomic E-state index is 15.3. The van der Waals surface area contributed by atoms with Crippen molar-refractivity contribution in [1.29, 1.82) is 0 Å². The lowest BCUT2D eigenvalue weighted by Crippen LogP contribution is -2.54. The van der Waals surface area contributed by atoms with Gasteiger partial charge >= 0.3 is 6.36 Å². The van der Waals surface area contributed by atoms with Crippen LogP contribution in [0.25, 0.3) is 11.3 Å². The zero-order valence-corrected chi connectivity index (χ0v) is 39.3. The molecule has 3 aliphatic rings. The van der Waals surface area contributed by atoms with Crippen molar-refractivity contribution in [3.8, 4) is 22.9 Å². The first kappa shape index (κ1) is 53.3. The van der Waals surface area contributed by atoms with Gasteiger partial charge in [0.05, 0.1) is 75.8 Å².